The number of aliphatic hydroxyl groups excluding tert-OH is 2. The van der Waals surface area contributed by atoms with Crippen molar-refractivity contribution in [3.8, 4) is 0 Å². The number of phosphoric acid groups is 3. The lowest BCUT2D eigenvalue weighted by Gasteiger charge is -2.34. The maximum absolute atomic E-state index is 12.0. The largest absolute Gasteiger partial charge is 0.756 e. The van der Waals surface area contributed by atoms with E-state index in [9.17, 15) is 43.4 Å². The van der Waals surface area contributed by atoms with Crippen LogP contribution >= 0.6 is 23.5 Å². The fourth-order valence-electron chi connectivity index (χ4n) is 2.37. The van der Waals surface area contributed by atoms with Gasteiger partial charge in [-0.05, 0) is 0 Å². The third-order valence-corrected chi connectivity index (χ3v) is 7.88. The molecule has 3 unspecified atom stereocenters. The molecule has 17 nitrogen and oxygen atoms in total. The zero-order valence-corrected chi connectivity index (χ0v) is 18.2. The van der Waals surface area contributed by atoms with Crippen LogP contribution in [0.5, 0.6) is 0 Å². The molecule has 1 aliphatic heterocycles. The Bertz CT molecular complexity index is 999. The predicted molar refractivity (Wildman–Crippen MR) is 91.3 cm³/mol. The number of hydrogen-bond acceptors (Lipinski definition) is 16. The molecule has 20 heteroatoms. The van der Waals surface area contributed by atoms with Crippen LogP contribution in [-0.4, -0.2) is 45.7 Å². The van der Waals surface area contributed by atoms with Crippen LogP contribution in [0.25, 0.3) is 0 Å². The summed E-state index contributed by atoms with van der Waals surface area (Å²) in [7, 11) is -16.5. The van der Waals surface area contributed by atoms with Gasteiger partial charge in [0.15, 0.2) is 0 Å². The molecule has 178 valence electrons. The highest BCUT2D eigenvalue weighted by atomic mass is 31.3. The Morgan fingerprint density at radius 1 is 1.26 bits per heavy atom. The molecule has 1 fully saturated rings. The van der Waals surface area contributed by atoms with Crippen molar-refractivity contribution in [2.24, 2.45) is 0 Å². The summed E-state index contributed by atoms with van der Waals surface area (Å²) < 4.78 is 55.3. The van der Waals surface area contributed by atoms with Gasteiger partial charge in [-0.25, -0.2) is 13.4 Å². The van der Waals surface area contributed by atoms with E-state index in [0.717, 1.165) is 10.8 Å². The van der Waals surface area contributed by atoms with Crippen LogP contribution in [0.4, 0.5) is 5.82 Å². The minimum Gasteiger partial charge on any atom is -0.756 e. The highest BCUT2D eigenvalue weighted by Crippen LogP contribution is 2.62. The van der Waals surface area contributed by atoms with E-state index in [1.54, 1.807) is 0 Å². The number of nitrogens with zero attached hydrogens (tertiary/aromatic N) is 2. The molecular weight excluding hydrogens is 491 g/mol. The van der Waals surface area contributed by atoms with Crippen LogP contribution in [0.3, 0.4) is 0 Å². The Labute approximate surface area is 173 Å². The Morgan fingerprint density at radius 2 is 1.87 bits per heavy atom. The lowest BCUT2D eigenvalue weighted by Crippen LogP contribution is -2.29. The summed E-state index contributed by atoms with van der Waals surface area (Å²) in [6.07, 6.45) is -3.00. The van der Waals surface area contributed by atoms with Crippen molar-refractivity contribution in [2.45, 2.75) is 31.5 Å². The molecule has 2 heterocycles. The molecule has 0 radical (unpaired) electrons. The molecule has 31 heavy (non-hydrogen) atoms. The molecule has 1 aromatic heterocycles. The number of rotatable bonds is 10. The summed E-state index contributed by atoms with van der Waals surface area (Å²) >= 11 is 0. The van der Waals surface area contributed by atoms with Gasteiger partial charge in [-0.2, -0.15) is 4.98 Å². The first-order valence-corrected chi connectivity index (χ1v) is 12.4. The number of ether oxygens (including phenoxy) is 1. The molecular formula is C11H17N3O14P3-3. The maximum atomic E-state index is 12.0. The molecule has 2 rings (SSSR count). The van der Waals surface area contributed by atoms with Crippen LogP contribution in [0.15, 0.2) is 11.0 Å². The van der Waals surface area contributed by atoms with Crippen LogP contribution < -0.4 is 26.1 Å². The van der Waals surface area contributed by atoms with Crippen molar-refractivity contribution in [3.63, 3.8) is 0 Å². The molecule has 0 aliphatic carbocycles. The molecule has 1 saturated heterocycles. The van der Waals surface area contributed by atoms with E-state index >= 15 is 0 Å². The Hall–Kier alpha value is -1.03. The van der Waals surface area contributed by atoms with Gasteiger partial charge in [0.2, 0.25) is 0 Å². The van der Waals surface area contributed by atoms with E-state index in [1.165, 1.54) is 0 Å². The highest BCUT2D eigenvalue weighted by molar-refractivity contribution is 7.65. The van der Waals surface area contributed by atoms with Gasteiger partial charge in [-0.1, -0.05) is 0 Å². The van der Waals surface area contributed by atoms with Crippen molar-refractivity contribution < 1.29 is 61.0 Å². The van der Waals surface area contributed by atoms with Crippen molar-refractivity contribution in [3.05, 3.63) is 22.2 Å². The molecule has 1 aromatic rings. The van der Waals surface area contributed by atoms with E-state index in [1.807, 2.05) is 0 Å². The monoisotopic (exact) mass is 508 g/mol. The Kier molecular flexibility index (Phi) is 8.33. The molecule has 1 aliphatic rings. The van der Waals surface area contributed by atoms with Crippen molar-refractivity contribution >= 4 is 29.3 Å². The van der Waals surface area contributed by atoms with E-state index in [-0.39, 0.29) is 17.8 Å². The Morgan fingerprint density at radius 3 is 2.45 bits per heavy atom. The van der Waals surface area contributed by atoms with Crippen molar-refractivity contribution in [1.29, 1.82) is 0 Å². The van der Waals surface area contributed by atoms with Gasteiger partial charge in [0.25, 0.3) is 23.5 Å². The molecule has 0 saturated carbocycles. The lowest BCUT2D eigenvalue weighted by molar-refractivity contribution is -0.251. The summed E-state index contributed by atoms with van der Waals surface area (Å²) in [4.78, 5) is 49.4. The van der Waals surface area contributed by atoms with Crippen LogP contribution in [0.1, 0.15) is 18.2 Å². The molecule has 0 aromatic carbocycles. The first kappa shape index (κ1) is 26.2. The second-order valence-corrected chi connectivity index (χ2v) is 10.5. The smallest absolute Gasteiger partial charge is 0.351 e. The number of nitrogens with two attached hydrogens (primary N) is 1. The third kappa shape index (κ3) is 7.23. The molecule has 4 N–H and O–H groups in total. The fraction of sp³-hybridized carbons (Fsp3) is 0.636. The van der Waals surface area contributed by atoms with E-state index in [2.05, 4.69) is 22.7 Å². The zero-order chi connectivity index (χ0) is 23.6. The van der Waals surface area contributed by atoms with Crippen LogP contribution in [0, 0.1) is 0 Å². The number of phosphoric ester groups is 2. The molecule has 0 spiro atoms. The van der Waals surface area contributed by atoms with Gasteiger partial charge >= 0.3 is 5.69 Å². The van der Waals surface area contributed by atoms with E-state index in [4.69, 9.17) is 10.5 Å². The minimum absolute atomic E-state index is 0.0905. The Balaban J connectivity index is 2.03. The minimum atomic E-state index is -5.95. The summed E-state index contributed by atoms with van der Waals surface area (Å²) in [6.45, 7) is -1.52. The molecule has 0 amide bonds. The van der Waals surface area contributed by atoms with E-state index < -0.39 is 60.8 Å². The van der Waals surface area contributed by atoms with Crippen molar-refractivity contribution in [2.75, 3.05) is 19.5 Å². The SMILES string of the molecule is COP(=O)([O-])OP(=O)([O-])OP(=O)([O-])OC[C@H]1O[C@@H](n2cc(CO)c(N)nc2=O)C[C@H]1O. The van der Waals surface area contributed by atoms with Crippen LogP contribution in [-0.2, 0) is 42.7 Å². The highest BCUT2D eigenvalue weighted by Gasteiger charge is 2.37. The normalized spacial score (nSPS) is 27.4. The molecule has 0 bridgehead atoms. The number of aliphatic hydroxyl groups is 2. The van der Waals surface area contributed by atoms with Crippen molar-refractivity contribution in [1.82, 2.24) is 9.55 Å². The first-order chi connectivity index (χ1) is 14.2. The van der Waals surface area contributed by atoms with Gasteiger partial charge in [0, 0.05) is 25.3 Å². The second kappa shape index (κ2) is 9.85. The lowest BCUT2D eigenvalue weighted by atomic mass is 10.2. The standard InChI is InChI=1S/C11H20N3O14P3/c1-24-29(18,19)27-31(22,23)28-30(20,21)25-5-8-7(16)2-9(26-8)14-3-6(4-15)10(12)13-11(14)17/h3,7-9,15-16H,2,4-5H2,1H3,(H,18,19)(H,20,21)(H,22,23)(H2,12,13,17)/p-3/t7-,8-,9-/m1/s1. The first-order valence-electron chi connectivity index (χ1n) is 8.06. The topological polar surface area (TPSA) is 268 Å². The zero-order valence-electron chi connectivity index (χ0n) is 15.5. The number of nitrogen functional groups attached to an aromatic ring is 1. The van der Waals surface area contributed by atoms with E-state index in [0.29, 0.717) is 7.11 Å². The second-order valence-electron chi connectivity index (χ2n) is 5.91. The van der Waals surface area contributed by atoms with Gasteiger partial charge < -0.3 is 44.4 Å². The number of anilines is 1. The maximum Gasteiger partial charge on any atom is 0.351 e. The summed E-state index contributed by atoms with van der Waals surface area (Å²) in [5.41, 5.74) is 4.68. The van der Waals surface area contributed by atoms with Gasteiger partial charge in [0.05, 0.1) is 19.3 Å². The summed E-state index contributed by atoms with van der Waals surface area (Å²) in [5, 5.41) is 19.2. The average molecular weight is 508 g/mol. The molecule has 6 atom stereocenters. The quantitative estimate of drug-likeness (QED) is 0.267. The third-order valence-electron chi connectivity index (χ3n) is 3.77. The summed E-state index contributed by atoms with van der Waals surface area (Å²) in [6, 6.07) is 0. The van der Waals surface area contributed by atoms with Crippen LogP contribution in [0.2, 0.25) is 0 Å². The average Bonchev–Trinajstić information content (AvgIpc) is 2.99. The fourth-order valence-corrected chi connectivity index (χ4v) is 5.50. The number of aromatic nitrogens is 2. The summed E-state index contributed by atoms with van der Waals surface area (Å²) in [5.74, 6) is -0.216. The van der Waals surface area contributed by atoms with Gasteiger partial charge in [-0.3, -0.25) is 18.3 Å². The predicted octanol–water partition coefficient (Wildman–Crippen LogP) is -2.93. The van der Waals surface area contributed by atoms with Gasteiger partial charge in [0.1, 0.15) is 18.1 Å². The van der Waals surface area contributed by atoms with Gasteiger partial charge in [-0.15, -0.1) is 0 Å². The number of hydrogen-bond donors (Lipinski definition) is 3.